The number of halogens is 2. The summed E-state index contributed by atoms with van der Waals surface area (Å²) in [4.78, 5) is 6.70. The van der Waals surface area contributed by atoms with E-state index < -0.39 is 10.0 Å². The maximum absolute atomic E-state index is 12.7. The molecule has 0 bridgehead atoms. The standard InChI is InChI=1S/C20H21Cl2N3O3S/c1-13-10-19(16(22)11-15(13)21)29(26,27)23-12-14-6-8-25(9-7-14)20-24-17-4-2-3-5-18(17)28-20/h2-5,10-11,14,23H,6-9,12H2,1H3. The summed E-state index contributed by atoms with van der Waals surface area (Å²) >= 11 is 12.1. The summed E-state index contributed by atoms with van der Waals surface area (Å²) in [7, 11) is -3.70. The number of nitrogens with zero attached hydrogens (tertiary/aromatic N) is 2. The third kappa shape index (κ3) is 4.38. The molecule has 0 atom stereocenters. The average Bonchev–Trinajstić information content (AvgIpc) is 3.14. The summed E-state index contributed by atoms with van der Waals surface area (Å²) in [6.45, 7) is 3.64. The zero-order chi connectivity index (χ0) is 20.6. The van der Waals surface area contributed by atoms with Crippen molar-refractivity contribution < 1.29 is 12.8 Å². The van der Waals surface area contributed by atoms with Crippen molar-refractivity contribution in [1.29, 1.82) is 0 Å². The lowest BCUT2D eigenvalue weighted by Gasteiger charge is -2.30. The van der Waals surface area contributed by atoms with Crippen molar-refractivity contribution in [1.82, 2.24) is 9.71 Å². The first kappa shape index (κ1) is 20.5. The van der Waals surface area contributed by atoms with E-state index in [2.05, 4.69) is 14.6 Å². The molecule has 1 aromatic heterocycles. The number of anilines is 1. The molecule has 6 nitrogen and oxygen atoms in total. The molecule has 0 amide bonds. The lowest BCUT2D eigenvalue weighted by molar-refractivity contribution is 0.387. The van der Waals surface area contributed by atoms with Gasteiger partial charge in [0.05, 0.1) is 5.02 Å². The van der Waals surface area contributed by atoms with Crippen LogP contribution in [0.3, 0.4) is 0 Å². The third-order valence-electron chi connectivity index (χ3n) is 5.23. The number of benzene rings is 2. The summed E-state index contributed by atoms with van der Waals surface area (Å²) in [6.07, 6.45) is 1.68. The van der Waals surface area contributed by atoms with Gasteiger partial charge in [0, 0.05) is 24.7 Å². The Morgan fingerprint density at radius 2 is 1.90 bits per heavy atom. The molecule has 29 heavy (non-hydrogen) atoms. The average molecular weight is 454 g/mol. The Bertz CT molecular complexity index is 1110. The van der Waals surface area contributed by atoms with Crippen molar-refractivity contribution >= 4 is 50.3 Å². The van der Waals surface area contributed by atoms with Crippen LogP contribution in [0.25, 0.3) is 11.1 Å². The normalized spacial score (nSPS) is 15.9. The molecule has 0 unspecified atom stereocenters. The molecule has 2 aromatic carbocycles. The van der Waals surface area contributed by atoms with Crippen molar-refractivity contribution in [2.75, 3.05) is 24.5 Å². The second kappa shape index (κ2) is 8.14. The fraction of sp³-hybridized carbons (Fsp3) is 0.350. The molecular formula is C20H21Cl2N3O3S. The van der Waals surface area contributed by atoms with Crippen LogP contribution in [-0.2, 0) is 10.0 Å². The van der Waals surface area contributed by atoms with Crippen LogP contribution < -0.4 is 9.62 Å². The fourth-order valence-electron chi connectivity index (χ4n) is 3.47. The van der Waals surface area contributed by atoms with Crippen molar-refractivity contribution in [2.24, 2.45) is 5.92 Å². The van der Waals surface area contributed by atoms with Crippen LogP contribution >= 0.6 is 23.2 Å². The molecule has 4 rings (SSSR count). The number of aryl methyl sites for hydroxylation is 1. The topological polar surface area (TPSA) is 75.4 Å². The van der Waals surface area contributed by atoms with Crippen LogP contribution in [0.1, 0.15) is 18.4 Å². The molecule has 0 saturated carbocycles. The maximum atomic E-state index is 12.7. The van der Waals surface area contributed by atoms with Gasteiger partial charge in [0.15, 0.2) is 5.58 Å². The second-order valence-electron chi connectivity index (χ2n) is 7.28. The maximum Gasteiger partial charge on any atom is 0.298 e. The number of rotatable bonds is 5. The number of nitrogens with one attached hydrogen (secondary N) is 1. The fourth-order valence-corrected chi connectivity index (χ4v) is 5.41. The first-order valence-corrected chi connectivity index (χ1v) is 11.6. The number of sulfonamides is 1. The summed E-state index contributed by atoms with van der Waals surface area (Å²) in [5.41, 5.74) is 2.28. The van der Waals surface area contributed by atoms with Gasteiger partial charge in [-0.15, -0.1) is 0 Å². The minimum atomic E-state index is -3.70. The van der Waals surface area contributed by atoms with Crippen molar-refractivity contribution in [3.63, 3.8) is 0 Å². The Morgan fingerprint density at radius 3 is 2.62 bits per heavy atom. The Kier molecular flexibility index (Phi) is 5.75. The molecule has 3 aromatic rings. The van der Waals surface area contributed by atoms with Gasteiger partial charge in [-0.3, -0.25) is 0 Å². The molecule has 9 heteroatoms. The molecule has 1 saturated heterocycles. The van der Waals surface area contributed by atoms with E-state index in [0.717, 1.165) is 37.0 Å². The minimum Gasteiger partial charge on any atom is -0.423 e. The molecular weight excluding hydrogens is 433 g/mol. The van der Waals surface area contributed by atoms with Crippen molar-refractivity contribution in [3.8, 4) is 0 Å². The van der Waals surface area contributed by atoms with E-state index in [-0.39, 0.29) is 15.8 Å². The summed E-state index contributed by atoms with van der Waals surface area (Å²) in [6, 6.07) is 11.3. The Hall–Kier alpha value is -1.80. The van der Waals surface area contributed by atoms with Gasteiger partial charge in [0.2, 0.25) is 10.0 Å². The Balaban J connectivity index is 1.37. The number of hydrogen-bond acceptors (Lipinski definition) is 5. The van der Waals surface area contributed by atoms with Gasteiger partial charge >= 0.3 is 0 Å². The van der Waals surface area contributed by atoms with Crippen LogP contribution in [0.4, 0.5) is 6.01 Å². The highest BCUT2D eigenvalue weighted by Crippen LogP contribution is 2.29. The Labute approximate surface area is 179 Å². The first-order chi connectivity index (χ1) is 13.8. The summed E-state index contributed by atoms with van der Waals surface area (Å²) in [5, 5.41) is 0.569. The molecule has 1 fully saturated rings. The SMILES string of the molecule is Cc1cc(S(=O)(=O)NCC2CCN(c3nc4ccccc4o3)CC2)c(Cl)cc1Cl. The smallest absolute Gasteiger partial charge is 0.298 e. The lowest BCUT2D eigenvalue weighted by atomic mass is 9.97. The highest BCUT2D eigenvalue weighted by atomic mass is 35.5. The van der Waals surface area contributed by atoms with Crippen molar-refractivity contribution in [3.05, 3.63) is 52.0 Å². The van der Waals surface area contributed by atoms with E-state index in [0.29, 0.717) is 23.1 Å². The zero-order valence-corrected chi connectivity index (χ0v) is 18.2. The van der Waals surface area contributed by atoms with E-state index in [1.165, 1.54) is 12.1 Å². The molecule has 1 N–H and O–H groups in total. The molecule has 0 spiro atoms. The summed E-state index contributed by atoms with van der Waals surface area (Å²) < 4.78 is 33.9. The number of hydrogen-bond donors (Lipinski definition) is 1. The zero-order valence-electron chi connectivity index (χ0n) is 15.9. The van der Waals surface area contributed by atoms with Gasteiger partial charge in [-0.25, -0.2) is 13.1 Å². The summed E-state index contributed by atoms with van der Waals surface area (Å²) in [5.74, 6) is 0.234. The molecule has 1 aliphatic rings. The number of fused-ring (bicyclic) bond motifs is 1. The monoisotopic (exact) mass is 453 g/mol. The van der Waals surface area contributed by atoms with Gasteiger partial charge in [0.25, 0.3) is 6.01 Å². The van der Waals surface area contributed by atoms with Gasteiger partial charge in [-0.2, -0.15) is 4.98 Å². The lowest BCUT2D eigenvalue weighted by Crippen LogP contribution is -2.38. The van der Waals surface area contributed by atoms with E-state index in [9.17, 15) is 8.42 Å². The Morgan fingerprint density at radius 1 is 1.17 bits per heavy atom. The highest BCUT2D eigenvalue weighted by molar-refractivity contribution is 7.89. The first-order valence-electron chi connectivity index (χ1n) is 9.39. The number of aromatic nitrogens is 1. The quantitative estimate of drug-likeness (QED) is 0.608. The number of oxazole rings is 1. The van der Waals surface area contributed by atoms with Gasteiger partial charge in [0.1, 0.15) is 10.4 Å². The van der Waals surface area contributed by atoms with Crippen LogP contribution in [0, 0.1) is 12.8 Å². The van der Waals surface area contributed by atoms with Gasteiger partial charge in [-0.05, 0) is 55.5 Å². The number of para-hydroxylation sites is 2. The van der Waals surface area contributed by atoms with Crippen molar-refractivity contribution in [2.45, 2.75) is 24.7 Å². The minimum absolute atomic E-state index is 0.0602. The molecule has 0 radical (unpaired) electrons. The van der Waals surface area contributed by atoms with Gasteiger partial charge in [-0.1, -0.05) is 35.3 Å². The van der Waals surface area contributed by atoms with Gasteiger partial charge < -0.3 is 9.32 Å². The van der Waals surface area contributed by atoms with E-state index in [1.807, 2.05) is 24.3 Å². The predicted molar refractivity (Wildman–Crippen MR) is 115 cm³/mol. The van der Waals surface area contributed by atoms with Crippen LogP contribution in [0.15, 0.2) is 45.7 Å². The number of piperidine rings is 1. The van der Waals surface area contributed by atoms with E-state index in [1.54, 1.807) is 6.92 Å². The third-order valence-corrected chi connectivity index (χ3v) is 7.53. The highest BCUT2D eigenvalue weighted by Gasteiger charge is 2.25. The predicted octanol–water partition coefficient (Wildman–Crippen LogP) is 4.64. The van der Waals surface area contributed by atoms with E-state index >= 15 is 0 Å². The molecule has 154 valence electrons. The van der Waals surface area contributed by atoms with Crippen LogP contribution in [0.5, 0.6) is 0 Å². The second-order valence-corrected chi connectivity index (χ2v) is 9.83. The molecule has 0 aliphatic carbocycles. The van der Waals surface area contributed by atoms with Crippen LogP contribution in [-0.4, -0.2) is 33.0 Å². The largest absolute Gasteiger partial charge is 0.423 e. The molecule has 1 aliphatic heterocycles. The van der Waals surface area contributed by atoms with Crippen LogP contribution in [0.2, 0.25) is 10.0 Å². The molecule has 2 heterocycles. The van der Waals surface area contributed by atoms with E-state index in [4.69, 9.17) is 27.6 Å².